The van der Waals surface area contributed by atoms with Crippen LogP contribution in [0.25, 0.3) is 5.69 Å². The lowest BCUT2D eigenvalue weighted by molar-refractivity contribution is -0.113. The molecule has 1 aromatic carbocycles. The van der Waals surface area contributed by atoms with Crippen molar-refractivity contribution in [2.24, 2.45) is 0 Å². The minimum Gasteiger partial charge on any atom is -0.465 e. The second-order valence-electron chi connectivity index (χ2n) is 5.25. The molecule has 1 N–H and O–H groups in total. The maximum Gasteiger partial charge on any atom is 0.340 e. The third kappa shape index (κ3) is 4.12. The van der Waals surface area contributed by atoms with Crippen molar-refractivity contribution in [2.45, 2.75) is 12.1 Å². The zero-order valence-corrected chi connectivity index (χ0v) is 15.8. The van der Waals surface area contributed by atoms with Gasteiger partial charge in [-0.2, -0.15) is 0 Å². The summed E-state index contributed by atoms with van der Waals surface area (Å²) < 4.78 is 6.56. The van der Waals surface area contributed by atoms with Crippen molar-refractivity contribution in [1.29, 1.82) is 0 Å². The van der Waals surface area contributed by atoms with Gasteiger partial charge in [0.2, 0.25) is 5.91 Å². The van der Waals surface area contributed by atoms with Crippen molar-refractivity contribution in [3.63, 3.8) is 0 Å². The molecule has 0 saturated heterocycles. The molecule has 0 fully saturated rings. The fraction of sp³-hybridized carbons (Fsp3) is 0.176. The van der Waals surface area contributed by atoms with Gasteiger partial charge in [0, 0.05) is 10.6 Å². The second kappa shape index (κ2) is 8.15. The highest BCUT2D eigenvalue weighted by Gasteiger charge is 2.18. The molecule has 0 bridgehead atoms. The number of ether oxygens (including phenoxy) is 1. The lowest BCUT2D eigenvalue weighted by Crippen LogP contribution is -2.16. The van der Waals surface area contributed by atoms with Gasteiger partial charge in [-0.05, 0) is 25.1 Å². The van der Waals surface area contributed by atoms with Gasteiger partial charge in [0.25, 0.3) is 0 Å². The standard InChI is InChI=1S/C17H16N4O3S2/c1-11-8-13(16(23)24-2)15(26-11)19-14(22)9-25-17-20-18-10-21(17)12-6-4-3-5-7-12/h3-8,10H,9H2,1-2H3,(H,19,22). The van der Waals surface area contributed by atoms with Crippen molar-refractivity contribution < 1.29 is 14.3 Å². The predicted molar refractivity (Wildman–Crippen MR) is 101 cm³/mol. The molecule has 0 spiro atoms. The highest BCUT2D eigenvalue weighted by molar-refractivity contribution is 7.99. The first-order chi connectivity index (χ1) is 12.6. The molecular weight excluding hydrogens is 372 g/mol. The lowest BCUT2D eigenvalue weighted by Gasteiger charge is -2.07. The molecule has 3 aromatic rings. The Balaban J connectivity index is 1.66. The van der Waals surface area contributed by atoms with E-state index in [0.29, 0.717) is 15.7 Å². The van der Waals surface area contributed by atoms with Crippen molar-refractivity contribution >= 4 is 40.0 Å². The van der Waals surface area contributed by atoms with Gasteiger partial charge in [-0.25, -0.2) is 4.79 Å². The van der Waals surface area contributed by atoms with Crippen LogP contribution in [-0.2, 0) is 9.53 Å². The zero-order chi connectivity index (χ0) is 18.5. The Hall–Kier alpha value is -2.65. The number of hydrogen-bond donors (Lipinski definition) is 1. The quantitative estimate of drug-likeness (QED) is 0.516. The molecular formula is C17H16N4O3S2. The summed E-state index contributed by atoms with van der Waals surface area (Å²) >= 11 is 2.60. The molecule has 0 atom stereocenters. The molecule has 3 rings (SSSR count). The number of carbonyl (C=O) groups is 2. The molecule has 2 aromatic heterocycles. The van der Waals surface area contributed by atoms with Gasteiger partial charge in [0.1, 0.15) is 11.3 Å². The molecule has 0 saturated carbocycles. The molecule has 0 aliphatic rings. The van der Waals surface area contributed by atoms with Crippen LogP contribution in [0.4, 0.5) is 5.00 Å². The Labute approximate surface area is 158 Å². The summed E-state index contributed by atoms with van der Waals surface area (Å²) in [6.45, 7) is 1.86. The number of nitrogens with one attached hydrogen (secondary N) is 1. The van der Waals surface area contributed by atoms with Crippen LogP contribution < -0.4 is 5.32 Å². The van der Waals surface area contributed by atoms with E-state index in [2.05, 4.69) is 15.5 Å². The Morgan fingerprint density at radius 3 is 2.81 bits per heavy atom. The Morgan fingerprint density at radius 2 is 2.08 bits per heavy atom. The molecule has 26 heavy (non-hydrogen) atoms. The summed E-state index contributed by atoms with van der Waals surface area (Å²) in [6, 6.07) is 11.3. The number of esters is 1. The van der Waals surface area contributed by atoms with Crippen LogP contribution in [0.3, 0.4) is 0 Å². The highest BCUT2D eigenvalue weighted by Crippen LogP contribution is 2.28. The fourth-order valence-electron chi connectivity index (χ4n) is 2.25. The zero-order valence-electron chi connectivity index (χ0n) is 14.1. The van der Waals surface area contributed by atoms with Crippen LogP contribution in [0.15, 0.2) is 47.9 Å². The molecule has 0 unspecified atom stereocenters. The molecule has 0 aliphatic heterocycles. The van der Waals surface area contributed by atoms with Crippen LogP contribution in [0.1, 0.15) is 15.2 Å². The molecule has 2 heterocycles. The van der Waals surface area contributed by atoms with Crippen LogP contribution in [-0.4, -0.2) is 39.5 Å². The largest absolute Gasteiger partial charge is 0.465 e. The first-order valence-corrected chi connectivity index (χ1v) is 9.45. The van der Waals surface area contributed by atoms with Crippen molar-refractivity contribution in [2.75, 3.05) is 18.2 Å². The Morgan fingerprint density at radius 1 is 1.31 bits per heavy atom. The van der Waals surface area contributed by atoms with E-state index in [1.54, 1.807) is 12.4 Å². The number of thiophene rings is 1. The Bertz CT molecular complexity index is 921. The van der Waals surface area contributed by atoms with Crippen molar-refractivity contribution in [3.8, 4) is 5.69 Å². The first-order valence-electron chi connectivity index (χ1n) is 7.65. The van der Waals surface area contributed by atoms with Gasteiger partial charge < -0.3 is 10.1 Å². The SMILES string of the molecule is COC(=O)c1cc(C)sc1NC(=O)CSc1nncn1-c1ccccc1. The maximum atomic E-state index is 12.3. The number of aromatic nitrogens is 3. The summed E-state index contributed by atoms with van der Waals surface area (Å²) in [5, 5.41) is 11.8. The number of rotatable bonds is 6. The summed E-state index contributed by atoms with van der Waals surface area (Å²) in [5.74, 6) is -0.561. The van der Waals surface area contributed by atoms with Gasteiger partial charge in [-0.3, -0.25) is 9.36 Å². The summed E-state index contributed by atoms with van der Waals surface area (Å²) in [7, 11) is 1.31. The van der Waals surface area contributed by atoms with Crippen LogP contribution in [0, 0.1) is 6.92 Å². The third-order valence-corrected chi connectivity index (χ3v) is 5.31. The van der Waals surface area contributed by atoms with Crippen LogP contribution in [0.5, 0.6) is 0 Å². The number of methoxy groups -OCH3 is 1. The number of aryl methyl sites for hydroxylation is 1. The molecule has 134 valence electrons. The minimum absolute atomic E-state index is 0.142. The number of hydrogen-bond acceptors (Lipinski definition) is 7. The normalized spacial score (nSPS) is 10.5. The molecule has 7 nitrogen and oxygen atoms in total. The van der Waals surface area contributed by atoms with Gasteiger partial charge >= 0.3 is 5.97 Å². The van der Waals surface area contributed by atoms with E-state index >= 15 is 0 Å². The van der Waals surface area contributed by atoms with Crippen molar-refractivity contribution in [3.05, 3.63) is 53.2 Å². The molecule has 9 heteroatoms. The fourth-order valence-corrected chi connectivity index (χ4v) is 3.89. The van der Waals surface area contributed by atoms with E-state index in [4.69, 9.17) is 4.74 Å². The van der Waals surface area contributed by atoms with Crippen LogP contribution in [0.2, 0.25) is 0 Å². The first kappa shape index (κ1) is 18.2. The number of anilines is 1. The average molecular weight is 388 g/mol. The minimum atomic E-state index is -0.471. The predicted octanol–water partition coefficient (Wildman–Crippen LogP) is 3.15. The van der Waals surface area contributed by atoms with E-state index in [9.17, 15) is 9.59 Å². The van der Waals surface area contributed by atoms with E-state index in [1.807, 2.05) is 41.8 Å². The summed E-state index contributed by atoms with van der Waals surface area (Å²) in [5.41, 5.74) is 1.28. The number of carbonyl (C=O) groups excluding carboxylic acids is 2. The summed E-state index contributed by atoms with van der Waals surface area (Å²) in [4.78, 5) is 25.0. The Kier molecular flexibility index (Phi) is 5.69. The number of nitrogens with zero attached hydrogens (tertiary/aromatic N) is 3. The van der Waals surface area contributed by atoms with E-state index < -0.39 is 5.97 Å². The topological polar surface area (TPSA) is 86.1 Å². The molecule has 1 amide bonds. The second-order valence-corrected chi connectivity index (χ2v) is 7.45. The third-order valence-electron chi connectivity index (χ3n) is 3.40. The maximum absolute atomic E-state index is 12.3. The molecule has 0 radical (unpaired) electrons. The van der Waals surface area contributed by atoms with Crippen LogP contribution >= 0.6 is 23.1 Å². The highest BCUT2D eigenvalue weighted by atomic mass is 32.2. The number of benzene rings is 1. The van der Waals surface area contributed by atoms with Crippen molar-refractivity contribution in [1.82, 2.24) is 14.8 Å². The molecule has 0 aliphatic carbocycles. The van der Waals surface area contributed by atoms with Gasteiger partial charge in [-0.1, -0.05) is 30.0 Å². The van der Waals surface area contributed by atoms with E-state index in [1.165, 1.54) is 30.2 Å². The number of para-hydroxylation sites is 1. The monoisotopic (exact) mass is 388 g/mol. The van der Waals surface area contributed by atoms with E-state index in [0.717, 1.165) is 10.6 Å². The van der Waals surface area contributed by atoms with E-state index in [-0.39, 0.29) is 11.7 Å². The van der Waals surface area contributed by atoms with Gasteiger partial charge in [0.15, 0.2) is 5.16 Å². The van der Waals surface area contributed by atoms with Gasteiger partial charge in [0.05, 0.1) is 18.4 Å². The summed E-state index contributed by atoms with van der Waals surface area (Å²) in [6.07, 6.45) is 1.60. The van der Waals surface area contributed by atoms with Gasteiger partial charge in [-0.15, -0.1) is 21.5 Å². The lowest BCUT2D eigenvalue weighted by atomic mass is 10.3. The number of amides is 1. The smallest absolute Gasteiger partial charge is 0.340 e. The average Bonchev–Trinajstić information content (AvgIpc) is 3.26. The number of thioether (sulfide) groups is 1.